The lowest BCUT2D eigenvalue weighted by atomic mass is 9.95. The average Bonchev–Trinajstić information content (AvgIpc) is 2.39. The molecule has 0 amide bonds. The summed E-state index contributed by atoms with van der Waals surface area (Å²) in [7, 11) is 0. The number of rotatable bonds is 4. The largest absolute Gasteiger partial charge is 0.379 e. The summed E-state index contributed by atoms with van der Waals surface area (Å²) >= 11 is 0. The summed E-state index contributed by atoms with van der Waals surface area (Å²) in [4.78, 5) is 5.01. The van der Waals surface area contributed by atoms with Gasteiger partial charge in [0.2, 0.25) is 0 Å². The summed E-state index contributed by atoms with van der Waals surface area (Å²) in [5.41, 5.74) is 0. The van der Waals surface area contributed by atoms with E-state index in [1.54, 1.807) is 0 Å². The van der Waals surface area contributed by atoms with Crippen LogP contribution >= 0.6 is 0 Å². The van der Waals surface area contributed by atoms with Crippen LogP contribution in [0, 0.1) is 17.2 Å². The Labute approximate surface area is 104 Å². The number of ether oxygens (including phenoxy) is 1. The Morgan fingerprint density at radius 1 is 1.12 bits per heavy atom. The highest BCUT2D eigenvalue weighted by Crippen LogP contribution is 2.18. The fourth-order valence-electron chi connectivity index (χ4n) is 2.76. The van der Waals surface area contributed by atoms with Crippen molar-refractivity contribution in [1.82, 2.24) is 9.80 Å². The third kappa shape index (κ3) is 4.27. The summed E-state index contributed by atoms with van der Waals surface area (Å²) < 4.78 is 5.35. The second-order valence-corrected chi connectivity index (χ2v) is 5.13. The van der Waals surface area contributed by atoms with Gasteiger partial charge in [0.25, 0.3) is 0 Å². The molecule has 2 fully saturated rings. The highest BCUT2D eigenvalue weighted by Gasteiger charge is 2.20. The molecule has 1 atom stereocenters. The number of hydrogen-bond acceptors (Lipinski definition) is 4. The molecule has 4 nitrogen and oxygen atoms in total. The van der Waals surface area contributed by atoms with Crippen molar-refractivity contribution in [3.05, 3.63) is 0 Å². The van der Waals surface area contributed by atoms with Crippen molar-refractivity contribution in [2.45, 2.75) is 19.3 Å². The first-order valence-corrected chi connectivity index (χ1v) is 6.78. The first kappa shape index (κ1) is 12.8. The van der Waals surface area contributed by atoms with Crippen molar-refractivity contribution in [3.63, 3.8) is 0 Å². The Morgan fingerprint density at radius 3 is 2.65 bits per heavy atom. The summed E-state index contributed by atoms with van der Waals surface area (Å²) in [6.45, 7) is 8.58. The quantitative estimate of drug-likeness (QED) is 0.729. The van der Waals surface area contributed by atoms with Crippen molar-refractivity contribution < 1.29 is 4.74 Å². The zero-order valence-electron chi connectivity index (χ0n) is 10.6. The van der Waals surface area contributed by atoms with Crippen LogP contribution in [0.25, 0.3) is 0 Å². The zero-order valence-corrected chi connectivity index (χ0v) is 10.6. The fourth-order valence-corrected chi connectivity index (χ4v) is 2.76. The molecule has 0 N–H and O–H groups in total. The van der Waals surface area contributed by atoms with E-state index in [0.717, 1.165) is 52.4 Å². The lowest BCUT2D eigenvalue weighted by Gasteiger charge is -2.34. The fraction of sp³-hybridized carbons (Fsp3) is 0.923. The molecule has 0 saturated carbocycles. The highest BCUT2D eigenvalue weighted by molar-refractivity contribution is 4.81. The second-order valence-electron chi connectivity index (χ2n) is 5.13. The van der Waals surface area contributed by atoms with Gasteiger partial charge >= 0.3 is 0 Å². The predicted octanol–water partition coefficient (Wildman–Crippen LogP) is 0.944. The van der Waals surface area contributed by atoms with Gasteiger partial charge in [-0.3, -0.25) is 4.90 Å². The Morgan fingerprint density at radius 2 is 1.88 bits per heavy atom. The molecule has 2 aliphatic rings. The Bertz CT molecular complexity index is 258. The molecule has 4 heteroatoms. The van der Waals surface area contributed by atoms with Crippen molar-refractivity contribution >= 4 is 0 Å². The minimum Gasteiger partial charge on any atom is -0.379 e. The van der Waals surface area contributed by atoms with E-state index in [4.69, 9.17) is 10.00 Å². The molecular formula is C13H23N3O. The van der Waals surface area contributed by atoms with E-state index >= 15 is 0 Å². The third-order valence-corrected chi connectivity index (χ3v) is 3.82. The smallest absolute Gasteiger partial charge is 0.0625 e. The molecule has 0 bridgehead atoms. The lowest BCUT2D eigenvalue weighted by Crippen LogP contribution is -2.44. The van der Waals surface area contributed by atoms with Gasteiger partial charge in [-0.15, -0.1) is 0 Å². The summed E-state index contributed by atoms with van der Waals surface area (Å²) in [5, 5.41) is 8.75. The topological polar surface area (TPSA) is 39.5 Å². The third-order valence-electron chi connectivity index (χ3n) is 3.82. The van der Waals surface area contributed by atoms with Crippen LogP contribution in [0.1, 0.15) is 19.3 Å². The number of likely N-dealkylation sites (tertiary alicyclic amines) is 1. The predicted molar refractivity (Wildman–Crippen MR) is 66.7 cm³/mol. The van der Waals surface area contributed by atoms with E-state index in [-0.39, 0.29) is 0 Å². The Balaban J connectivity index is 1.66. The van der Waals surface area contributed by atoms with Crippen LogP contribution in [-0.2, 0) is 4.74 Å². The first-order valence-electron chi connectivity index (χ1n) is 6.78. The molecule has 96 valence electrons. The van der Waals surface area contributed by atoms with Gasteiger partial charge in [-0.05, 0) is 25.3 Å². The maximum atomic E-state index is 8.75. The van der Waals surface area contributed by atoms with Gasteiger partial charge in [0.15, 0.2) is 0 Å². The number of nitrogens with zero attached hydrogens (tertiary/aromatic N) is 3. The van der Waals surface area contributed by atoms with Crippen molar-refractivity contribution in [1.29, 1.82) is 5.26 Å². The molecule has 1 unspecified atom stereocenters. The standard InChI is InChI=1S/C13H23N3O/c14-4-3-13-2-1-5-16(12-13)7-6-15-8-10-17-11-9-15/h13H,1-3,5-12H2. The SMILES string of the molecule is N#CCC1CCCN(CCN2CCOCC2)C1. The van der Waals surface area contributed by atoms with Gasteiger partial charge in [0.05, 0.1) is 19.3 Å². The summed E-state index contributed by atoms with van der Waals surface area (Å²) in [5.74, 6) is 0.610. The molecule has 0 aliphatic carbocycles. The minimum absolute atomic E-state index is 0.610. The van der Waals surface area contributed by atoms with E-state index in [2.05, 4.69) is 15.9 Å². The van der Waals surface area contributed by atoms with E-state index < -0.39 is 0 Å². The normalized spacial score (nSPS) is 27.8. The van der Waals surface area contributed by atoms with Crippen LogP contribution in [0.2, 0.25) is 0 Å². The summed E-state index contributed by atoms with van der Waals surface area (Å²) in [6.07, 6.45) is 3.23. The van der Waals surface area contributed by atoms with Crippen molar-refractivity contribution in [3.8, 4) is 6.07 Å². The highest BCUT2D eigenvalue weighted by atomic mass is 16.5. The molecule has 2 heterocycles. The van der Waals surface area contributed by atoms with E-state index in [0.29, 0.717) is 5.92 Å². The van der Waals surface area contributed by atoms with Gasteiger partial charge in [-0.1, -0.05) is 0 Å². The van der Waals surface area contributed by atoms with E-state index in [9.17, 15) is 0 Å². The van der Waals surface area contributed by atoms with Crippen LogP contribution < -0.4 is 0 Å². The second kappa shape index (κ2) is 6.95. The Kier molecular flexibility index (Phi) is 5.24. The molecule has 0 spiro atoms. The van der Waals surface area contributed by atoms with Gasteiger partial charge < -0.3 is 9.64 Å². The molecule has 0 aromatic heterocycles. The summed E-state index contributed by atoms with van der Waals surface area (Å²) in [6, 6.07) is 2.31. The number of nitriles is 1. The average molecular weight is 237 g/mol. The molecule has 0 radical (unpaired) electrons. The molecule has 0 aromatic carbocycles. The maximum Gasteiger partial charge on any atom is 0.0625 e. The number of piperidine rings is 1. The molecule has 2 aliphatic heterocycles. The van der Waals surface area contributed by atoms with Crippen molar-refractivity contribution in [2.75, 3.05) is 52.5 Å². The molecular weight excluding hydrogens is 214 g/mol. The van der Waals surface area contributed by atoms with Crippen LogP contribution in [0.4, 0.5) is 0 Å². The molecule has 17 heavy (non-hydrogen) atoms. The van der Waals surface area contributed by atoms with Crippen LogP contribution in [-0.4, -0.2) is 62.3 Å². The number of morpholine rings is 1. The van der Waals surface area contributed by atoms with Gasteiger partial charge in [0, 0.05) is 39.1 Å². The van der Waals surface area contributed by atoms with E-state index in [1.807, 2.05) is 0 Å². The van der Waals surface area contributed by atoms with Crippen LogP contribution in [0.3, 0.4) is 0 Å². The minimum atomic E-state index is 0.610. The van der Waals surface area contributed by atoms with Crippen LogP contribution in [0.5, 0.6) is 0 Å². The monoisotopic (exact) mass is 237 g/mol. The van der Waals surface area contributed by atoms with Crippen molar-refractivity contribution in [2.24, 2.45) is 5.92 Å². The van der Waals surface area contributed by atoms with Gasteiger partial charge in [-0.25, -0.2) is 0 Å². The molecule has 0 aromatic rings. The maximum absolute atomic E-state index is 8.75. The lowest BCUT2D eigenvalue weighted by molar-refractivity contribution is 0.0309. The van der Waals surface area contributed by atoms with Crippen LogP contribution in [0.15, 0.2) is 0 Å². The first-order chi connectivity index (χ1) is 8.38. The number of hydrogen-bond donors (Lipinski definition) is 0. The van der Waals surface area contributed by atoms with Gasteiger partial charge in [0.1, 0.15) is 0 Å². The van der Waals surface area contributed by atoms with E-state index in [1.165, 1.54) is 19.4 Å². The van der Waals surface area contributed by atoms with Gasteiger partial charge in [-0.2, -0.15) is 5.26 Å². The zero-order chi connectivity index (χ0) is 11.9. The molecule has 2 saturated heterocycles. The molecule has 2 rings (SSSR count). The Hall–Kier alpha value is -0.630.